The lowest BCUT2D eigenvalue weighted by Crippen LogP contribution is -2.38. The van der Waals surface area contributed by atoms with E-state index in [0.29, 0.717) is 16.8 Å². The number of hydrogen-bond donors (Lipinski definition) is 0. The smallest absolute Gasteiger partial charge is 0.264 e. The van der Waals surface area contributed by atoms with Gasteiger partial charge in [-0.15, -0.1) is 11.8 Å². The van der Waals surface area contributed by atoms with Crippen molar-refractivity contribution in [1.82, 2.24) is 0 Å². The first-order valence-corrected chi connectivity index (χ1v) is 8.53. The van der Waals surface area contributed by atoms with Crippen LogP contribution in [0.15, 0.2) is 51.8 Å². The van der Waals surface area contributed by atoms with E-state index < -0.39 is 0 Å². The Morgan fingerprint density at radius 2 is 2.14 bits per heavy atom. The van der Waals surface area contributed by atoms with Crippen LogP contribution in [0.5, 0.6) is 5.75 Å². The molecule has 1 heterocycles. The summed E-state index contributed by atoms with van der Waals surface area (Å²) in [5.41, 5.74) is 0.922. The number of rotatable bonds is 3. The summed E-state index contributed by atoms with van der Waals surface area (Å²) in [6, 6.07) is 12.0. The second kappa shape index (κ2) is 6.71. The molecule has 0 unspecified atom stereocenters. The molecule has 1 aliphatic rings. The number of carbonyl (C=O) groups is 1. The summed E-state index contributed by atoms with van der Waals surface area (Å²) in [7, 11) is 0. The highest BCUT2D eigenvalue weighted by atomic mass is 79.9. The average Bonchev–Trinajstić information content (AvgIpc) is 2.53. The Hall–Kier alpha value is -1.53. The van der Waals surface area contributed by atoms with E-state index in [9.17, 15) is 9.18 Å². The van der Waals surface area contributed by atoms with E-state index in [1.807, 2.05) is 24.3 Å². The van der Waals surface area contributed by atoms with Crippen molar-refractivity contribution in [3.05, 3.63) is 52.8 Å². The molecule has 3 rings (SSSR count). The number of para-hydroxylation sites is 1. The number of amides is 1. The van der Waals surface area contributed by atoms with Crippen molar-refractivity contribution < 1.29 is 13.9 Å². The van der Waals surface area contributed by atoms with Gasteiger partial charge in [0.25, 0.3) is 5.91 Å². The van der Waals surface area contributed by atoms with Crippen molar-refractivity contribution in [1.29, 1.82) is 0 Å². The van der Waals surface area contributed by atoms with E-state index >= 15 is 0 Å². The van der Waals surface area contributed by atoms with Crippen molar-refractivity contribution in [3.8, 4) is 5.75 Å². The lowest BCUT2D eigenvalue weighted by atomic mass is 10.2. The average molecular weight is 382 g/mol. The van der Waals surface area contributed by atoms with Crippen LogP contribution in [0.3, 0.4) is 0 Å². The van der Waals surface area contributed by atoms with E-state index in [2.05, 4.69) is 15.9 Å². The molecule has 1 amide bonds. The molecule has 0 atom stereocenters. The molecule has 0 saturated heterocycles. The van der Waals surface area contributed by atoms with Gasteiger partial charge in [0.15, 0.2) is 6.61 Å². The van der Waals surface area contributed by atoms with Crippen molar-refractivity contribution in [2.24, 2.45) is 0 Å². The van der Waals surface area contributed by atoms with Crippen LogP contribution in [-0.2, 0) is 4.79 Å². The van der Waals surface area contributed by atoms with Crippen molar-refractivity contribution in [2.75, 3.05) is 23.8 Å². The molecular formula is C16H13BrFNO2S. The highest BCUT2D eigenvalue weighted by Crippen LogP contribution is 2.34. The predicted molar refractivity (Wildman–Crippen MR) is 89.1 cm³/mol. The Balaban J connectivity index is 1.70. The van der Waals surface area contributed by atoms with Crippen LogP contribution in [0.1, 0.15) is 0 Å². The number of hydrogen-bond acceptors (Lipinski definition) is 3. The zero-order valence-corrected chi connectivity index (χ0v) is 14.0. The second-order valence-electron chi connectivity index (χ2n) is 4.72. The van der Waals surface area contributed by atoms with Gasteiger partial charge < -0.3 is 9.64 Å². The topological polar surface area (TPSA) is 29.5 Å². The molecule has 0 spiro atoms. The fraction of sp³-hybridized carbons (Fsp3) is 0.188. The van der Waals surface area contributed by atoms with Gasteiger partial charge in [0.05, 0.1) is 10.2 Å². The molecule has 0 radical (unpaired) electrons. The number of halogens is 2. The SMILES string of the molecule is O=C(COc1ccc(F)cc1Br)N1CCSc2ccccc21. The summed E-state index contributed by atoms with van der Waals surface area (Å²) in [5, 5.41) is 0. The van der Waals surface area contributed by atoms with E-state index in [4.69, 9.17) is 4.74 Å². The van der Waals surface area contributed by atoms with E-state index in [-0.39, 0.29) is 18.3 Å². The lowest BCUT2D eigenvalue weighted by Gasteiger charge is -2.28. The Labute approximate surface area is 140 Å². The summed E-state index contributed by atoms with van der Waals surface area (Å²) in [4.78, 5) is 15.3. The molecule has 22 heavy (non-hydrogen) atoms. The molecular weight excluding hydrogens is 369 g/mol. The first-order valence-electron chi connectivity index (χ1n) is 6.75. The molecule has 2 aromatic rings. The van der Waals surface area contributed by atoms with Crippen LogP contribution >= 0.6 is 27.7 Å². The molecule has 0 aromatic heterocycles. The van der Waals surface area contributed by atoms with Gasteiger partial charge in [0.2, 0.25) is 0 Å². The second-order valence-corrected chi connectivity index (χ2v) is 6.72. The molecule has 3 nitrogen and oxygen atoms in total. The van der Waals surface area contributed by atoms with Gasteiger partial charge in [0.1, 0.15) is 11.6 Å². The maximum Gasteiger partial charge on any atom is 0.264 e. The zero-order valence-electron chi connectivity index (χ0n) is 11.6. The third-order valence-corrected chi connectivity index (χ3v) is 4.94. The van der Waals surface area contributed by atoms with E-state index in [1.54, 1.807) is 16.7 Å². The van der Waals surface area contributed by atoms with Gasteiger partial charge in [-0.3, -0.25) is 4.79 Å². The highest BCUT2D eigenvalue weighted by molar-refractivity contribution is 9.10. The van der Waals surface area contributed by atoms with Crippen LogP contribution in [0.25, 0.3) is 0 Å². The fourth-order valence-electron chi connectivity index (χ4n) is 2.24. The van der Waals surface area contributed by atoms with Gasteiger partial charge in [-0.2, -0.15) is 0 Å². The minimum absolute atomic E-state index is 0.0801. The number of carbonyl (C=O) groups excluding carboxylic acids is 1. The first kappa shape index (κ1) is 15.4. The van der Waals surface area contributed by atoms with Gasteiger partial charge in [0, 0.05) is 17.2 Å². The molecule has 1 aliphatic heterocycles. The van der Waals surface area contributed by atoms with Gasteiger partial charge in [-0.05, 0) is 46.3 Å². The number of benzene rings is 2. The molecule has 0 N–H and O–H groups in total. The Morgan fingerprint density at radius 3 is 2.95 bits per heavy atom. The van der Waals surface area contributed by atoms with Crippen molar-refractivity contribution in [2.45, 2.75) is 4.90 Å². The van der Waals surface area contributed by atoms with Crippen molar-refractivity contribution in [3.63, 3.8) is 0 Å². The quantitative estimate of drug-likeness (QED) is 0.801. The lowest BCUT2D eigenvalue weighted by molar-refractivity contribution is -0.120. The number of ether oxygens (including phenoxy) is 1. The fourth-order valence-corrected chi connectivity index (χ4v) is 3.70. The van der Waals surface area contributed by atoms with Crippen LogP contribution < -0.4 is 9.64 Å². The molecule has 6 heteroatoms. The summed E-state index contributed by atoms with van der Waals surface area (Å²) < 4.78 is 19.0. The minimum Gasteiger partial charge on any atom is -0.483 e. The van der Waals surface area contributed by atoms with Crippen molar-refractivity contribution >= 4 is 39.3 Å². The molecule has 0 saturated carbocycles. The summed E-state index contributed by atoms with van der Waals surface area (Å²) in [6.07, 6.45) is 0. The standard InChI is InChI=1S/C16H13BrFNO2S/c17-12-9-11(18)5-6-14(12)21-10-16(20)19-7-8-22-15-4-2-1-3-13(15)19/h1-6,9H,7-8,10H2. The molecule has 0 bridgehead atoms. The maximum absolute atomic E-state index is 13.0. The van der Waals surface area contributed by atoms with Gasteiger partial charge in [-0.1, -0.05) is 12.1 Å². The summed E-state index contributed by atoms with van der Waals surface area (Å²) >= 11 is 4.97. The number of nitrogens with zero attached hydrogens (tertiary/aromatic N) is 1. The van der Waals surface area contributed by atoms with Crippen LogP contribution in [0, 0.1) is 5.82 Å². The Morgan fingerprint density at radius 1 is 1.32 bits per heavy atom. The van der Waals surface area contributed by atoms with E-state index in [1.165, 1.54) is 18.2 Å². The normalized spacial score (nSPS) is 13.6. The third-order valence-electron chi connectivity index (χ3n) is 3.27. The summed E-state index contributed by atoms with van der Waals surface area (Å²) in [5.74, 6) is 0.856. The molecule has 114 valence electrons. The maximum atomic E-state index is 13.0. The zero-order chi connectivity index (χ0) is 15.5. The molecule has 0 fully saturated rings. The number of thioether (sulfide) groups is 1. The minimum atomic E-state index is -0.354. The van der Waals surface area contributed by atoms with Gasteiger partial charge >= 0.3 is 0 Å². The molecule has 0 aliphatic carbocycles. The largest absolute Gasteiger partial charge is 0.483 e. The summed E-state index contributed by atoms with van der Waals surface area (Å²) in [6.45, 7) is 0.581. The molecule has 2 aromatic carbocycles. The van der Waals surface area contributed by atoms with Gasteiger partial charge in [-0.25, -0.2) is 4.39 Å². The third kappa shape index (κ3) is 3.28. The monoisotopic (exact) mass is 381 g/mol. The first-order chi connectivity index (χ1) is 10.6. The highest BCUT2D eigenvalue weighted by Gasteiger charge is 2.23. The Kier molecular flexibility index (Phi) is 4.69. The van der Waals surface area contributed by atoms with E-state index in [0.717, 1.165) is 16.3 Å². The number of fused-ring (bicyclic) bond motifs is 1. The Bertz CT molecular complexity index is 710. The predicted octanol–water partition coefficient (Wildman–Crippen LogP) is 4.11. The van der Waals surface area contributed by atoms with Crippen LogP contribution in [0.2, 0.25) is 0 Å². The van der Waals surface area contributed by atoms with Crippen LogP contribution in [0.4, 0.5) is 10.1 Å². The number of anilines is 1. The van der Waals surface area contributed by atoms with Crippen LogP contribution in [-0.4, -0.2) is 24.8 Å².